The molecule has 3 rings (SSSR count). The summed E-state index contributed by atoms with van der Waals surface area (Å²) in [4.78, 5) is 22.7. The highest BCUT2D eigenvalue weighted by Gasteiger charge is 2.24. The highest BCUT2D eigenvalue weighted by Crippen LogP contribution is 2.23. The molecular weight excluding hydrogens is 361 g/mol. The molecule has 0 bridgehead atoms. The molecule has 0 atom stereocenters. The number of carbonyl (C=O) groups is 1. The number of rotatable bonds is 5. The van der Waals surface area contributed by atoms with Crippen LogP contribution in [0.5, 0.6) is 0 Å². The summed E-state index contributed by atoms with van der Waals surface area (Å²) in [5.74, 6) is 0.448. The van der Waals surface area contributed by atoms with Crippen molar-refractivity contribution in [3.8, 4) is 0 Å². The van der Waals surface area contributed by atoms with E-state index in [0.717, 1.165) is 66.7 Å². The molecule has 0 saturated carbocycles. The van der Waals surface area contributed by atoms with Crippen molar-refractivity contribution in [1.82, 2.24) is 14.8 Å². The molecule has 146 valence electrons. The van der Waals surface area contributed by atoms with Crippen LogP contribution >= 0.6 is 11.3 Å². The van der Waals surface area contributed by atoms with Gasteiger partial charge in [0.1, 0.15) is 10.7 Å². The molecule has 2 aromatic rings. The second-order valence-electron chi connectivity index (χ2n) is 7.67. The molecule has 2 heterocycles. The maximum atomic E-state index is 13.1. The first-order chi connectivity index (χ1) is 12.9. The number of thiazole rings is 1. The lowest BCUT2D eigenvalue weighted by Crippen LogP contribution is -2.35. The zero-order chi connectivity index (χ0) is 19.4. The number of nitrogens with zero attached hydrogens (tertiary/aromatic N) is 3. The maximum Gasteiger partial charge on any atom is 0.265 e. The molecule has 27 heavy (non-hydrogen) atoms. The normalized spacial score (nSPS) is 16.0. The largest absolute Gasteiger partial charge is 0.337 e. The number of hydrogen-bond acceptors (Lipinski definition) is 4. The summed E-state index contributed by atoms with van der Waals surface area (Å²) < 4.78 is 13.1. The van der Waals surface area contributed by atoms with Gasteiger partial charge in [-0.3, -0.25) is 9.69 Å². The summed E-state index contributed by atoms with van der Waals surface area (Å²) in [6.07, 6.45) is 1.87. The molecule has 1 aromatic carbocycles. The van der Waals surface area contributed by atoms with Gasteiger partial charge < -0.3 is 4.90 Å². The van der Waals surface area contributed by atoms with Gasteiger partial charge in [0.05, 0.1) is 10.7 Å². The number of benzene rings is 1. The average molecular weight is 390 g/mol. The number of halogens is 1. The van der Waals surface area contributed by atoms with Crippen LogP contribution in [0.2, 0.25) is 0 Å². The van der Waals surface area contributed by atoms with Gasteiger partial charge in [-0.15, -0.1) is 11.3 Å². The van der Waals surface area contributed by atoms with E-state index in [9.17, 15) is 9.18 Å². The minimum atomic E-state index is -0.205. The Bertz CT molecular complexity index is 772. The fraction of sp³-hybridized carbons (Fsp3) is 0.524. The molecule has 1 aliphatic heterocycles. The molecule has 0 aliphatic carbocycles. The van der Waals surface area contributed by atoms with E-state index in [2.05, 4.69) is 23.7 Å². The molecule has 1 aromatic heterocycles. The third-order valence-electron chi connectivity index (χ3n) is 4.81. The maximum absolute atomic E-state index is 13.1. The smallest absolute Gasteiger partial charge is 0.265 e. The lowest BCUT2D eigenvalue weighted by atomic mass is 10.1. The average Bonchev–Trinajstić information content (AvgIpc) is 2.83. The Balaban J connectivity index is 1.61. The van der Waals surface area contributed by atoms with Crippen molar-refractivity contribution in [3.05, 3.63) is 51.2 Å². The Hall–Kier alpha value is -1.79. The minimum absolute atomic E-state index is 0.114. The SMILES string of the molecule is Cc1nc(CC(C)C)sc1C(=O)N1CCCN(Cc2ccc(F)cc2)CC1. The Morgan fingerprint density at radius 1 is 1.19 bits per heavy atom. The Morgan fingerprint density at radius 2 is 1.93 bits per heavy atom. The minimum Gasteiger partial charge on any atom is -0.337 e. The van der Waals surface area contributed by atoms with Crippen LogP contribution in [0.3, 0.4) is 0 Å². The van der Waals surface area contributed by atoms with Crippen LogP contribution in [-0.4, -0.2) is 46.9 Å². The molecule has 4 nitrogen and oxygen atoms in total. The third kappa shape index (κ3) is 5.36. The number of aromatic nitrogens is 1. The standard InChI is InChI=1S/C21H28FN3OS/c1-15(2)13-19-23-16(3)20(27-19)21(26)25-10-4-9-24(11-12-25)14-17-5-7-18(22)8-6-17/h5-8,15H,4,9-14H2,1-3H3. The first-order valence-corrected chi connectivity index (χ1v) is 10.5. The van der Waals surface area contributed by atoms with Gasteiger partial charge >= 0.3 is 0 Å². The van der Waals surface area contributed by atoms with E-state index < -0.39 is 0 Å². The summed E-state index contributed by atoms with van der Waals surface area (Å²) in [5.41, 5.74) is 1.96. The second-order valence-corrected chi connectivity index (χ2v) is 8.75. The predicted octanol–water partition coefficient (Wildman–Crippen LogP) is 4.14. The molecular formula is C21H28FN3OS. The van der Waals surface area contributed by atoms with Crippen molar-refractivity contribution < 1.29 is 9.18 Å². The number of aryl methyl sites for hydroxylation is 1. The summed E-state index contributed by atoms with van der Waals surface area (Å²) in [7, 11) is 0. The molecule has 0 N–H and O–H groups in total. The van der Waals surface area contributed by atoms with E-state index in [0.29, 0.717) is 5.92 Å². The van der Waals surface area contributed by atoms with Crippen LogP contribution < -0.4 is 0 Å². The summed E-state index contributed by atoms with van der Waals surface area (Å²) in [6, 6.07) is 6.68. The van der Waals surface area contributed by atoms with Crippen molar-refractivity contribution in [2.24, 2.45) is 5.92 Å². The number of amides is 1. The molecule has 0 radical (unpaired) electrons. The monoisotopic (exact) mass is 389 g/mol. The fourth-order valence-electron chi connectivity index (χ4n) is 3.41. The summed E-state index contributed by atoms with van der Waals surface area (Å²) in [5, 5.41) is 1.05. The van der Waals surface area contributed by atoms with Crippen LogP contribution in [0, 0.1) is 18.7 Å². The lowest BCUT2D eigenvalue weighted by molar-refractivity contribution is 0.0765. The second kappa shape index (κ2) is 8.93. The van der Waals surface area contributed by atoms with Gasteiger partial charge in [0.25, 0.3) is 5.91 Å². The van der Waals surface area contributed by atoms with E-state index in [4.69, 9.17) is 0 Å². The van der Waals surface area contributed by atoms with Crippen LogP contribution in [0.4, 0.5) is 4.39 Å². The van der Waals surface area contributed by atoms with Crippen LogP contribution in [-0.2, 0) is 13.0 Å². The zero-order valence-corrected chi connectivity index (χ0v) is 17.2. The van der Waals surface area contributed by atoms with Crippen LogP contribution in [0.1, 0.15) is 46.2 Å². The third-order valence-corrected chi connectivity index (χ3v) is 5.98. The van der Waals surface area contributed by atoms with Crippen molar-refractivity contribution in [1.29, 1.82) is 0 Å². The Morgan fingerprint density at radius 3 is 2.63 bits per heavy atom. The molecule has 1 fully saturated rings. The van der Waals surface area contributed by atoms with E-state index in [1.807, 2.05) is 24.0 Å². The Kier molecular flexibility index (Phi) is 6.60. The quantitative estimate of drug-likeness (QED) is 0.771. The van der Waals surface area contributed by atoms with Gasteiger partial charge in [-0.25, -0.2) is 9.37 Å². The van der Waals surface area contributed by atoms with Crippen molar-refractivity contribution in [2.45, 2.75) is 40.2 Å². The fourth-order valence-corrected chi connectivity index (χ4v) is 4.66. The summed E-state index contributed by atoms with van der Waals surface area (Å²) >= 11 is 1.55. The molecule has 0 unspecified atom stereocenters. The van der Waals surface area contributed by atoms with Crippen molar-refractivity contribution >= 4 is 17.2 Å². The van der Waals surface area contributed by atoms with Gasteiger partial charge in [0.2, 0.25) is 0 Å². The first kappa shape index (κ1) is 20.0. The van der Waals surface area contributed by atoms with Gasteiger partial charge in [0, 0.05) is 39.1 Å². The molecule has 1 saturated heterocycles. The highest BCUT2D eigenvalue weighted by molar-refractivity contribution is 7.13. The van der Waals surface area contributed by atoms with Gasteiger partial charge in [0.15, 0.2) is 0 Å². The van der Waals surface area contributed by atoms with Crippen molar-refractivity contribution in [2.75, 3.05) is 26.2 Å². The van der Waals surface area contributed by atoms with Crippen LogP contribution in [0.25, 0.3) is 0 Å². The molecule has 6 heteroatoms. The van der Waals surface area contributed by atoms with E-state index >= 15 is 0 Å². The zero-order valence-electron chi connectivity index (χ0n) is 16.4. The first-order valence-electron chi connectivity index (χ1n) is 9.64. The van der Waals surface area contributed by atoms with Gasteiger partial charge in [-0.1, -0.05) is 26.0 Å². The topological polar surface area (TPSA) is 36.4 Å². The Labute approximate surface area is 165 Å². The van der Waals surface area contributed by atoms with Crippen LogP contribution in [0.15, 0.2) is 24.3 Å². The number of hydrogen-bond donors (Lipinski definition) is 0. The van der Waals surface area contributed by atoms with Gasteiger partial charge in [-0.2, -0.15) is 0 Å². The van der Waals surface area contributed by atoms with E-state index in [1.165, 1.54) is 12.1 Å². The van der Waals surface area contributed by atoms with Gasteiger partial charge in [-0.05, 0) is 37.0 Å². The van der Waals surface area contributed by atoms with E-state index in [-0.39, 0.29) is 11.7 Å². The predicted molar refractivity (Wildman–Crippen MR) is 108 cm³/mol. The molecule has 1 aliphatic rings. The van der Waals surface area contributed by atoms with Crippen molar-refractivity contribution in [3.63, 3.8) is 0 Å². The number of carbonyl (C=O) groups excluding carboxylic acids is 1. The lowest BCUT2D eigenvalue weighted by Gasteiger charge is -2.22. The highest BCUT2D eigenvalue weighted by atomic mass is 32.1. The molecule has 1 amide bonds. The van der Waals surface area contributed by atoms with E-state index in [1.54, 1.807) is 11.3 Å². The molecule has 0 spiro atoms. The summed E-state index contributed by atoms with van der Waals surface area (Å²) in [6.45, 7) is 10.3.